The molecule has 0 aliphatic rings. The molecular weight excluding hydrogens is 275 g/mol. The van der Waals surface area contributed by atoms with Gasteiger partial charge >= 0.3 is 0 Å². The quantitative estimate of drug-likeness (QED) is 0.692. The lowest BCUT2D eigenvalue weighted by Gasteiger charge is -2.08. The third-order valence-electron chi connectivity index (χ3n) is 3.08. The van der Waals surface area contributed by atoms with Gasteiger partial charge in [0.15, 0.2) is 0 Å². The second kappa shape index (κ2) is 5.70. The summed E-state index contributed by atoms with van der Waals surface area (Å²) in [6.45, 7) is 3.14. The van der Waals surface area contributed by atoms with Crippen LogP contribution in [-0.2, 0) is 0 Å². The first-order valence-corrected chi connectivity index (χ1v) is 6.21. The minimum Gasteiger partial charge on any atom is -0.322 e. The van der Waals surface area contributed by atoms with E-state index >= 15 is 0 Å². The Morgan fingerprint density at radius 2 is 1.90 bits per heavy atom. The van der Waals surface area contributed by atoms with Gasteiger partial charge in [-0.15, -0.1) is 0 Å². The van der Waals surface area contributed by atoms with E-state index in [-0.39, 0.29) is 17.1 Å². The highest BCUT2D eigenvalue weighted by atomic mass is 19.1. The number of carbonyl (C=O) groups excluding carboxylic acids is 1. The monoisotopic (exact) mass is 288 g/mol. The average molecular weight is 288 g/mol. The number of aryl methyl sites for hydroxylation is 2. The van der Waals surface area contributed by atoms with E-state index in [4.69, 9.17) is 0 Å². The van der Waals surface area contributed by atoms with Crippen LogP contribution in [0, 0.1) is 29.8 Å². The number of hydrogen-bond acceptors (Lipinski definition) is 3. The van der Waals surface area contributed by atoms with Crippen molar-refractivity contribution in [2.24, 2.45) is 0 Å². The number of amides is 1. The Balaban J connectivity index is 2.35. The predicted octanol–water partition coefficient (Wildman–Crippen LogP) is 3.60. The van der Waals surface area contributed by atoms with Gasteiger partial charge in [0, 0.05) is 11.3 Å². The largest absolute Gasteiger partial charge is 0.322 e. The van der Waals surface area contributed by atoms with Crippen LogP contribution in [0.4, 0.5) is 15.8 Å². The minimum absolute atomic E-state index is 0.0259. The minimum atomic E-state index is -0.601. The number of nitro benzene ring substituents is 1. The summed E-state index contributed by atoms with van der Waals surface area (Å²) in [4.78, 5) is 22.7. The van der Waals surface area contributed by atoms with E-state index in [9.17, 15) is 19.3 Å². The van der Waals surface area contributed by atoms with Crippen LogP contribution in [0.15, 0.2) is 36.4 Å². The van der Waals surface area contributed by atoms with Crippen molar-refractivity contribution in [2.75, 3.05) is 5.32 Å². The van der Waals surface area contributed by atoms with Gasteiger partial charge in [0.25, 0.3) is 11.6 Å². The maximum absolute atomic E-state index is 13.2. The number of nitrogens with one attached hydrogen (secondary N) is 1. The van der Waals surface area contributed by atoms with Gasteiger partial charge in [-0.3, -0.25) is 14.9 Å². The number of hydrogen-bond donors (Lipinski definition) is 1. The first-order chi connectivity index (χ1) is 9.90. The third-order valence-corrected chi connectivity index (χ3v) is 3.08. The average Bonchev–Trinajstić information content (AvgIpc) is 2.42. The molecule has 0 bridgehead atoms. The molecule has 0 unspecified atom stereocenters. The molecule has 0 fully saturated rings. The molecule has 6 heteroatoms. The number of carbonyl (C=O) groups is 1. The van der Waals surface area contributed by atoms with Crippen LogP contribution in [0.3, 0.4) is 0 Å². The van der Waals surface area contributed by atoms with Crippen molar-refractivity contribution >= 4 is 17.3 Å². The number of nitro groups is 1. The molecule has 0 atom stereocenters. The lowest BCUT2D eigenvalue weighted by Crippen LogP contribution is -2.14. The molecular formula is C15H13FN2O3. The fourth-order valence-electron chi connectivity index (χ4n) is 2.01. The first kappa shape index (κ1) is 14.6. The highest BCUT2D eigenvalue weighted by molar-refractivity contribution is 6.07. The Labute approximate surface area is 120 Å². The van der Waals surface area contributed by atoms with E-state index in [1.54, 1.807) is 26.0 Å². The summed E-state index contributed by atoms with van der Waals surface area (Å²) < 4.78 is 13.2. The number of para-hydroxylation sites is 1. The Hall–Kier alpha value is -2.76. The van der Waals surface area contributed by atoms with Crippen molar-refractivity contribution in [1.29, 1.82) is 0 Å². The third kappa shape index (κ3) is 3.05. The van der Waals surface area contributed by atoms with Gasteiger partial charge < -0.3 is 5.32 Å². The van der Waals surface area contributed by atoms with E-state index in [0.717, 1.165) is 0 Å². The Bertz CT molecular complexity index is 729. The standard InChI is InChI=1S/C15H13FN2O3/c1-9-4-3-5-12(14(9)18(20)21)15(19)17-11-6-7-13(16)10(2)8-11/h3-8H,1-2H3,(H,17,19). The molecule has 0 aromatic heterocycles. The molecule has 1 N–H and O–H groups in total. The van der Waals surface area contributed by atoms with Crippen molar-refractivity contribution in [3.05, 3.63) is 69.0 Å². The molecule has 21 heavy (non-hydrogen) atoms. The molecule has 0 aliphatic carbocycles. The van der Waals surface area contributed by atoms with Gasteiger partial charge in [0.2, 0.25) is 0 Å². The fourth-order valence-corrected chi connectivity index (χ4v) is 2.01. The summed E-state index contributed by atoms with van der Waals surface area (Å²) in [5, 5.41) is 13.6. The van der Waals surface area contributed by atoms with E-state index in [0.29, 0.717) is 16.8 Å². The second-order valence-electron chi connectivity index (χ2n) is 4.65. The number of halogens is 1. The van der Waals surface area contributed by atoms with Crippen LogP contribution < -0.4 is 5.32 Å². The Kier molecular flexibility index (Phi) is 3.98. The van der Waals surface area contributed by atoms with Crippen LogP contribution in [0.5, 0.6) is 0 Å². The van der Waals surface area contributed by atoms with Crippen molar-refractivity contribution in [3.8, 4) is 0 Å². The van der Waals surface area contributed by atoms with Crippen molar-refractivity contribution in [2.45, 2.75) is 13.8 Å². The van der Waals surface area contributed by atoms with Crippen molar-refractivity contribution < 1.29 is 14.1 Å². The first-order valence-electron chi connectivity index (χ1n) is 6.21. The zero-order valence-corrected chi connectivity index (χ0v) is 11.5. The summed E-state index contributed by atoms with van der Waals surface area (Å²) in [5.41, 5.74) is 0.917. The molecule has 0 radical (unpaired) electrons. The van der Waals surface area contributed by atoms with E-state index < -0.39 is 10.8 Å². The zero-order chi connectivity index (χ0) is 15.6. The van der Waals surface area contributed by atoms with E-state index in [1.165, 1.54) is 24.3 Å². The highest BCUT2D eigenvalue weighted by Gasteiger charge is 2.22. The summed E-state index contributed by atoms with van der Waals surface area (Å²) in [7, 11) is 0. The van der Waals surface area contributed by atoms with E-state index in [2.05, 4.69) is 5.32 Å². The summed E-state index contributed by atoms with van der Waals surface area (Å²) in [6, 6.07) is 8.63. The maximum Gasteiger partial charge on any atom is 0.285 e. The molecule has 0 saturated heterocycles. The van der Waals surface area contributed by atoms with E-state index in [1.807, 2.05) is 0 Å². The van der Waals surface area contributed by atoms with Crippen LogP contribution >= 0.6 is 0 Å². The van der Waals surface area contributed by atoms with Gasteiger partial charge in [-0.2, -0.15) is 0 Å². The lowest BCUT2D eigenvalue weighted by molar-refractivity contribution is -0.385. The van der Waals surface area contributed by atoms with Crippen LogP contribution in [0.2, 0.25) is 0 Å². The zero-order valence-electron chi connectivity index (χ0n) is 11.5. The van der Waals surface area contributed by atoms with Crippen LogP contribution in [-0.4, -0.2) is 10.8 Å². The van der Waals surface area contributed by atoms with Crippen molar-refractivity contribution in [3.63, 3.8) is 0 Å². The molecule has 0 saturated carbocycles. The Morgan fingerprint density at radius 1 is 1.19 bits per heavy atom. The fraction of sp³-hybridized carbons (Fsp3) is 0.133. The number of nitrogens with zero attached hydrogens (tertiary/aromatic N) is 1. The Morgan fingerprint density at radius 3 is 2.52 bits per heavy atom. The number of benzene rings is 2. The van der Waals surface area contributed by atoms with Crippen molar-refractivity contribution in [1.82, 2.24) is 0 Å². The maximum atomic E-state index is 13.2. The summed E-state index contributed by atoms with van der Waals surface area (Å²) in [6.07, 6.45) is 0. The molecule has 2 aromatic carbocycles. The molecule has 0 heterocycles. The molecule has 0 aliphatic heterocycles. The number of anilines is 1. The van der Waals surface area contributed by atoms with Gasteiger partial charge in [-0.25, -0.2) is 4.39 Å². The molecule has 2 aromatic rings. The predicted molar refractivity (Wildman–Crippen MR) is 76.9 cm³/mol. The van der Waals surface area contributed by atoms with Gasteiger partial charge in [-0.1, -0.05) is 12.1 Å². The topological polar surface area (TPSA) is 72.2 Å². The van der Waals surface area contributed by atoms with Gasteiger partial charge in [-0.05, 0) is 43.7 Å². The summed E-state index contributed by atoms with van der Waals surface area (Å²) in [5.74, 6) is -0.981. The summed E-state index contributed by atoms with van der Waals surface area (Å²) >= 11 is 0. The SMILES string of the molecule is Cc1cc(NC(=O)c2cccc(C)c2[N+](=O)[O-])ccc1F. The molecule has 5 nitrogen and oxygen atoms in total. The van der Waals surface area contributed by atoms with Gasteiger partial charge in [0.1, 0.15) is 11.4 Å². The van der Waals surface area contributed by atoms with Crippen LogP contribution in [0.1, 0.15) is 21.5 Å². The molecule has 0 spiro atoms. The lowest BCUT2D eigenvalue weighted by atomic mass is 10.1. The second-order valence-corrected chi connectivity index (χ2v) is 4.65. The smallest absolute Gasteiger partial charge is 0.285 e. The number of rotatable bonds is 3. The normalized spacial score (nSPS) is 10.2. The highest BCUT2D eigenvalue weighted by Crippen LogP contribution is 2.24. The molecule has 108 valence electrons. The van der Waals surface area contributed by atoms with Crippen LogP contribution in [0.25, 0.3) is 0 Å². The molecule has 1 amide bonds. The van der Waals surface area contributed by atoms with Gasteiger partial charge in [0.05, 0.1) is 4.92 Å². The molecule has 2 rings (SSSR count).